The van der Waals surface area contributed by atoms with Gasteiger partial charge < -0.3 is 4.18 Å². The van der Waals surface area contributed by atoms with Crippen LogP contribution in [-0.4, -0.2) is 5.71 Å². The van der Waals surface area contributed by atoms with Crippen LogP contribution in [0.15, 0.2) is 16.2 Å². The van der Waals surface area contributed by atoms with Gasteiger partial charge in [-0.2, -0.15) is 4.40 Å². The van der Waals surface area contributed by atoms with Crippen LogP contribution in [0.25, 0.3) is 0 Å². The highest BCUT2D eigenvalue weighted by atomic mass is 32.2. The maximum atomic E-state index is 4.82. The van der Waals surface area contributed by atoms with Crippen LogP contribution in [0.1, 0.15) is 13.8 Å². The van der Waals surface area contributed by atoms with Crippen molar-refractivity contribution in [2.75, 3.05) is 0 Å². The van der Waals surface area contributed by atoms with E-state index in [4.69, 9.17) is 4.18 Å². The second-order valence-corrected chi connectivity index (χ2v) is 2.17. The fourth-order valence-corrected chi connectivity index (χ4v) is 0.815. The van der Waals surface area contributed by atoms with E-state index in [9.17, 15) is 0 Å². The molecule has 0 bridgehead atoms. The number of hydrogen-bond donors (Lipinski definition) is 0. The van der Waals surface area contributed by atoms with Gasteiger partial charge >= 0.3 is 0 Å². The molecule has 0 fully saturated rings. The minimum absolute atomic E-state index is 1.04. The van der Waals surface area contributed by atoms with Crippen molar-refractivity contribution in [3.63, 3.8) is 0 Å². The summed E-state index contributed by atoms with van der Waals surface area (Å²) in [6, 6.07) is 0. The molecule has 0 amide bonds. The largest absolute Gasteiger partial charge is 0.412 e. The van der Waals surface area contributed by atoms with Crippen molar-refractivity contribution in [2.24, 2.45) is 4.40 Å². The van der Waals surface area contributed by atoms with Crippen LogP contribution in [0.5, 0.6) is 0 Å². The molecular formula is C5H7NOS. The molecule has 8 heavy (non-hydrogen) atoms. The average Bonchev–Trinajstić information content (AvgIpc) is 1.77. The van der Waals surface area contributed by atoms with Crippen molar-refractivity contribution in [1.82, 2.24) is 0 Å². The van der Waals surface area contributed by atoms with Gasteiger partial charge in [-0.1, -0.05) is 0 Å². The maximum Gasteiger partial charge on any atom is 0.201 e. The van der Waals surface area contributed by atoms with Gasteiger partial charge in [0.15, 0.2) is 0 Å². The Kier molecular flexibility index (Phi) is 1.58. The van der Waals surface area contributed by atoms with Gasteiger partial charge in [0.1, 0.15) is 6.26 Å². The van der Waals surface area contributed by atoms with Gasteiger partial charge in [0.05, 0.1) is 5.71 Å². The highest BCUT2D eigenvalue weighted by molar-refractivity contribution is 7.93. The zero-order valence-corrected chi connectivity index (χ0v) is 5.66. The monoisotopic (exact) mass is 129 g/mol. The zero-order chi connectivity index (χ0) is 5.98. The first-order chi connectivity index (χ1) is 3.80. The minimum atomic E-state index is 1.04. The first-order valence-electron chi connectivity index (χ1n) is 2.35. The summed E-state index contributed by atoms with van der Waals surface area (Å²) < 4.78 is 8.77. The predicted octanol–water partition coefficient (Wildman–Crippen LogP) is 1.94. The molecule has 0 radical (unpaired) electrons. The molecule has 0 saturated heterocycles. The van der Waals surface area contributed by atoms with Crippen molar-refractivity contribution in [2.45, 2.75) is 13.8 Å². The predicted molar refractivity (Wildman–Crippen MR) is 35.5 cm³/mol. The number of nitrogens with zero attached hydrogens (tertiary/aromatic N) is 1. The molecule has 3 heteroatoms. The molecule has 0 aliphatic carbocycles. The Bertz CT molecular complexity index is 133. The summed E-state index contributed by atoms with van der Waals surface area (Å²) in [5.74, 6) is 0. The Morgan fingerprint density at radius 2 is 2.38 bits per heavy atom. The van der Waals surface area contributed by atoms with Crippen LogP contribution < -0.4 is 0 Å². The fourth-order valence-electron chi connectivity index (χ4n) is 0.328. The number of hydrogen-bond acceptors (Lipinski definition) is 3. The quantitative estimate of drug-likeness (QED) is 0.368. The standard InChI is InChI=1S/C5H7NOS/c1-4-3-7-8-6-5(4)2/h3H,1-2H3. The van der Waals surface area contributed by atoms with Crippen LogP contribution >= 0.6 is 12.2 Å². The number of allylic oxidation sites excluding steroid dienone is 1. The Morgan fingerprint density at radius 3 is 2.75 bits per heavy atom. The summed E-state index contributed by atoms with van der Waals surface area (Å²) in [5, 5.41) is 0. The summed E-state index contributed by atoms with van der Waals surface area (Å²) in [7, 11) is 0. The fraction of sp³-hybridized carbons (Fsp3) is 0.400. The lowest BCUT2D eigenvalue weighted by atomic mass is 10.2. The summed E-state index contributed by atoms with van der Waals surface area (Å²) in [4.78, 5) is 0. The lowest BCUT2D eigenvalue weighted by Gasteiger charge is -2.03. The van der Waals surface area contributed by atoms with Crippen LogP contribution in [0.3, 0.4) is 0 Å². The Balaban J connectivity index is 2.73. The SMILES string of the molecule is CC1=COSN=C1C. The second kappa shape index (κ2) is 2.22. The highest BCUT2D eigenvalue weighted by Gasteiger charge is 1.99. The molecule has 44 valence electrons. The Morgan fingerprint density at radius 1 is 1.62 bits per heavy atom. The molecule has 0 saturated carbocycles. The van der Waals surface area contributed by atoms with Crippen LogP contribution in [0.2, 0.25) is 0 Å². The van der Waals surface area contributed by atoms with Gasteiger partial charge in [-0.15, -0.1) is 0 Å². The van der Waals surface area contributed by atoms with E-state index in [1.165, 1.54) is 0 Å². The van der Waals surface area contributed by atoms with E-state index in [2.05, 4.69) is 4.40 Å². The molecule has 0 aromatic heterocycles. The molecule has 0 spiro atoms. The van der Waals surface area contributed by atoms with Crippen LogP contribution in [0.4, 0.5) is 0 Å². The zero-order valence-electron chi connectivity index (χ0n) is 4.84. The van der Waals surface area contributed by atoms with Crippen molar-refractivity contribution >= 4 is 17.9 Å². The van der Waals surface area contributed by atoms with E-state index in [0.717, 1.165) is 23.5 Å². The lowest BCUT2D eigenvalue weighted by molar-refractivity contribution is 0.559. The smallest absolute Gasteiger partial charge is 0.201 e. The van der Waals surface area contributed by atoms with Crippen molar-refractivity contribution in [3.05, 3.63) is 11.8 Å². The summed E-state index contributed by atoms with van der Waals surface area (Å²) in [5.41, 5.74) is 2.14. The second-order valence-electron chi connectivity index (χ2n) is 1.65. The lowest BCUT2D eigenvalue weighted by Crippen LogP contribution is -1.95. The topological polar surface area (TPSA) is 21.6 Å². The van der Waals surface area contributed by atoms with Gasteiger partial charge in [0, 0.05) is 5.57 Å². The molecule has 0 N–H and O–H groups in total. The molecule has 2 nitrogen and oxygen atoms in total. The van der Waals surface area contributed by atoms with Gasteiger partial charge in [0.25, 0.3) is 0 Å². The Hall–Kier alpha value is -0.440. The van der Waals surface area contributed by atoms with E-state index in [1.54, 1.807) is 6.26 Å². The third-order valence-corrected chi connectivity index (χ3v) is 1.54. The third-order valence-electron chi connectivity index (χ3n) is 1.01. The molecule has 1 heterocycles. The normalized spacial score (nSPS) is 18.8. The van der Waals surface area contributed by atoms with E-state index in [0.29, 0.717) is 0 Å². The van der Waals surface area contributed by atoms with Crippen molar-refractivity contribution in [3.8, 4) is 0 Å². The minimum Gasteiger partial charge on any atom is -0.412 e. The molecule has 1 rings (SSSR count). The summed E-state index contributed by atoms with van der Waals surface area (Å²) >= 11 is 1.12. The Labute approximate surface area is 53.0 Å². The van der Waals surface area contributed by atoms with Crippen molar-refractivity contribution < 1.29 is 4.18 Å². The van der Waals surface area contributed by atoms with E-state index >= 15 is 0 Å². The summed E-state index contributed by atoms with van der Waals surface area (Å²) in [6.45, 7) is 3.93. The molecule has 0 atom stereocenters. The summed E-state index contributed by atoms with van der Waals surface area (Å²) in [6.07, 6.45) is 1.70. The van der Waals surface area contributed by atoms with Gasteiger partial charge in [0.2, 0.25) is 12.2 Å². The van der Waals surface area contributed by atoms with Gasteiger partial charge in [-0.25, -0.2) is 0 Å². The van der Waals surface area contributed by atoms with E-state index in [1.807, 2.05) is 13.8 Å². The van der Waals surface area contributed by atoms with Crippen LogP contribution in [0, 0.1) is 0 Å². The van der Waals surface area contributed by atoms with Gasteiger partial charge in [-0.05, 0) is 13.8 Å². The molecule has 0 aromatic carbocycles. The molecule has 1 aliphatic rings. The average molecular weight is 129 g/mol. The third kappa shape index (κ3) is 1.04. The maximum absolute atomic E-state index is 4.82. The molecule has 1 aliphatic heterocycles. The van der Waals surface area contributed by atoms with Crippen molar-refractivity contribution in [1.29, 1.82) is 0 Å². The van der Waals surface area contributed by atoms with E-state index in [-0.39, 0.29) is 0 Å². The first kappa shape index (κ1) is 5.69. The molecule has 0 aromatic rings. The van der Waals surface area contributed by atoms with Gasteiger partial charge in [-0.3, -0.25) is 0 Å². The molecular weight excluding hydrogens is 122 g/mol. The number of rotatable bonds is 0. The first-order valence-corrected chi connectivity index (χ1v) is 3.05. The highest BCUT2D eigenvalue weighted by Crippen LogP contribution is 2.15. The van der Waals surface area contributed by atoms with E-state index < -0.39 is 0 Å². The van der Waals surface area contributed by atoms with Crippen LogP contribution in [-0.2, 0) is 4.18 Å². The molecule has 0 unspecified atom stereocenters.